The molecule has 8 heteroatoms. The van der Waals surface area contributed by atoms with Gasteiger partial charge < -0.3 is 15.3 Å². The molecule has 7 nitrogen and oxygen atoms in total. The minimum atomic E-state index is -3.47. The summed E-state index contributed by atoms with van der Waals surface area (Å²) >= 11 is 0. The number of para-hydroxylation sites is 1. The molecular formula is C19H20N2O5S. The van der Waals surface area contributed by atoms with Gasteiger partial charge in [-0.1, -0.05) is 25.1 Å². The number of carbonyl (C=O) groups excluding carboxylic acids is 2. The number of nitrogens with one attached hydrogen (secondary N) is 1. The van der Waals surface area contributed by atoms with Crippen LogP contribution in [-0.4, -0.2) is 37.6 Å². The number of benzene rings is 2. The van der Waals surface area contributed by atoms with E-state index < -0.39 is 21.7 Å². The molecule has 1 fully saturated rings. The minimum absolute atomic E-state index is 0.0140. The molecule has 0 bridgehead atoms. The lowest BCUT2D eigenvalue weighted by molar-refractivity contribution is -0.122. The van der Waals surface area contributed by atoms with Crippen molar-refractivity contribution in [2.75, 3.05) is 22.5 Å². The Kier molecular flexibility index (Phi) is 5.18. The van der Waals surface area contributed by atoms with Crippen LogP contribution in [0.4, 0.5) is 11.4 Å². The third-order valence-electron chi connectivity index (χ3n) is 4.53. The molecule has 2 amide bonds. The maximum Gasteiger partial charge on any atom is 0.229 e. The van der Waals surface area contributed by atoms with E-state index in [4.69, 9.17) is 0 Å². The van der Waals surface area contributed by atoms with Crippen LogP contribution in [-0.2, 0) is 19.4 Å². The van der Waals surface area contributed by atoms with Crippen molar-refractivity contribution in [2.45, 2.75) is 18.2 Å². The van der Waals surface area contributed by atoms with E-state index in [1.54, 1.807) is 17.0 Å². The van der Waals surface area contributed by atoms with Crippen LogP contribution in [0.3, 0.4) is 0 Å². The SMILES string of the molecule is CCS(=O)(=O)c1ccc(O)c(NC(=O)C2CC(=O)N(c3ccccc3)C2)c1. The first-order valence-corrected chi connectivity index (χ1v) is 10.2. The molecule has 1 saturated heterocycles. The van der Waals surface area contributed by atoms with Crippen molar-refractivity contribution in [3.8, 4) is 5.75 Å². The monoisotopic (exact) mass is 388 g/mol. The number of hydrogen-bond acceptors (Lipinski definition) is 5. The largest absolute Gasteiger partial charge is 0.506 e. The highest BCUT2D eigenvalue weighted by atomic mass is 32.2. The van der Waals surface area contributed by atoms with Gasteiger partial charge in [0.05, 0.1) is 22.3 Å². The molecule has 1 unspecified atom stereocenters. The molecule has 0 saturated carbocycles. The number of anilines is 2. The number of nitrogens with zero attached hydrogens (tertiary/aromatic N) is 1. The summed E-state index contributed by atoms with van der Waals surface area (Å²) in [5, 5.41) is 12.5. The maximum atomic E-state index is 12.6. The zero-order chi connectivity index (χ0) is 19.6. The fourth-order valence-corrected chi connectivity index (χ4v) is 3.86. The molecule has 1 aliphatic heterocycles. The number of sulfone groups is 1. The van der Waals surface area contributed by atoms with Crippen LogP contribution in [0.2, 0.25) is 0 Å². The fourth-order valence-electron chi connectivity index (χ4n) is 2.95. The highest BCUT2D eigenvalue weighted by Crippen LogP contribution is 2.30. The molecule has 0 radical (unpaired) electrons. The van der Waals surface area contributed by atoms with Crippen LogP contribution in [0.25, 0.3) is 0 Å². The molecule has 1 heterocycles. The molecule has 2 N–H and O–H groups in total. The van der Waals surface area contributed by atoms with Gasteiger partial charge in [0.25, 0.3) is 0 Å². The van der Waals surface area contributed by atoms with Gasteiger partial charge in [0, 0.05) is 18.7 Å². The summed E-state index contributed by atoms with van der Waals surface area (Å²) in [5.41, 5.74) is 0.733. The number of amides is 2. The minimum Gasteiger partial charge on any atom is -0.506 e. The summed E-state index contributed by atoms with van der Waals surface area (Å²) in [6, 6.07) is 12.8. The van der Waals surface area contributed by atoms with E-state index in [9.17, 15) is 23.1 Å². The van der Waals surface area contributed by atoms with Crippen molar-refractivity contribution in [3.63, 3.8) is 0 Å². The second kappa shape index (κ2) is 7.40. The Labute approximate surface area is 157 Å². The van der Waals surface area contributed by atoms with Gasteiger partial charge >= 0.3 is 0 Å². The summed E-state index contributed by atoms with van der Waals surface area (Å²) in [4.78, 5) is 26.4. The number of hydrogen-bond donors (Lipinski definition) is 2. The van der Waals surface area contributed by atoms with Crippen LogP contribution in [0.1, 0.15) is 13.3 Å². The Hall–Kier alpha value is -2.87. The number of phenols is 1. The normalized spacial score (nSPS) is 17.1. The van der Waals surface area contributed by atoms with Gasteiger partial charge in [-0.2, -0.15) is 0 Å². The second-order valence-electron chi connectivity index (χ2n) is 6.31. The standard InChI is InChI=1S/C19H20N2O5S/c1-2-27(25,26)15-8-9-17(22)16(11-15)20-19(24)13-10-18(23)21(12-13)14-6-4-3-5-7-14/h3-9,11,13,22H,2,10,12H2,1H3,(H,20,24). The fraction of sp³-hybridized carbons (Fsp3) is 0.263. The Morgan fingerprint density at radius 1 is 1.22 bits per heavy atom. The topological polar surface area (TPSA) is 104 Å². The third-order valence-corrected chi connectivity index (χ3v) is 6.26. The predicted molar refractivity (Wildman–Crippen MR) is 101 cm³/mol. The molecule has 2 aromatic carbocycles. The Morgan fingerprint density at radius 2 is 1.93 bits per heavy atom. The third kappa shape index (κ3) is 3.95. The summed E-state index contributed by atoms with van der Waals surface area (Å²) < 4.78 is 24.0. The van der Waals surface area contributed by atoms with E-state index in [1.165, 1.54) is 25.1 Å². The zero-order valence-corrected chi connectivity index (χ0v) is 15.6. The van der Waals surface area contributed by atoms with Crippen LogP contribution in [0.15, 0.2) is 53.4 Å². The van der Waals surface area contributed by atoms with Gasteiger partial charge in [-0.3, -0.25) is 9.59 Å². The van der Waals surface area contributed by atoms with E-state index in [2.05, 4.69) is 5.32 Å². The van der Waals surface area contributed by atoms with Crippen LogP contribution >= 0.6 is 0 Å². The zero-order valence-electron chi connectivity index (χ0n) is 14.8. The van der Waals surface area contributed by atoms with E-state index in [1.807, 2.05) is 18.2 Å². The lowest BCUT2D eigenvalue weighted by Gasteiger charge is -2.17. The van der Waals surface area contributed by atoms with Gasteiger partial charge in [0.1, 0.15) is 5.75 Å². The van der Waals surface area contributed by atoms with E-state index in [0.717, 1.165) is 5.69 Å². The van der Waals surface area contributed by atoms with Crippen LogP contribution in [0, 0.1) is 5.92 Å². The number of phenolic OH excluding ortho intramolecular Hbond substituents is 1. The predicted octanol–water partition coefficient (Wildman–Crippen LogP) is 2.18. The molecule has 0 aliphatic carbocycles. The first-order valence-electron chi connectivity index (χ1n) is 8.54. The second-order valence-corrected chi connectivity index (χ2v) is 8.59. The van der Waals surface area contributed by atoms with E-state index in [-0.39, 0.29) is 41.0 Å². The van der Waals surface area contributed by atoms with Crippen molar-refractivity contribution < 1.29 is 23.1 Å². The molecule has 0 aromatic heterocycles. The van der Waals surface area contributed by atoms with Gasteiger partial charge in [-0.25, -0.2) is 8.42 Å². The van der Waals surface area contributed by atoms with Crippen molar-refractivity contribution in [1.82, 2.24) is 0 Å². The lowest BCUT2D eigenvalue weighted by Crippen LogP contribution is -2.28. The van der Waals surface area contributed by atoms with Gasteiger partial charge in [-0.05, 0) is 30.3 Å². The molecule has 1 atom stereocenters. The van der Waals surface area contributed by atoms with Crippen molar-refractivity contribution in [1.29, 1.82) is 0 Å². The average Bonchev–Trinajstić information content (AvgIpc) is 3.06. The quantitative estimate of drug-likeness (QED) is 0.764. The maximum absolute atomic E-state index is 12.6. The highest BCUT2D eigenvalue weighted by molar-refractivity contribution is 7.91. The van der Waals surface area contributed by atoms with Crippen molar-refractivity contribution in [3.05, 3.63) is 48.5 Å². The molecule has 142 valence electrons. The number of carbonyl (C=O) groups is 2. The first-order chi connectivity index (χ1) is 12.8. The Balaban J connectivity index is 1.77. The van der Waals surface area contributed by atoms with Gasteiger partial charge in [0.15, 0.2) is 9.84 Å². The van der Waals surface area contributed by atoms with E-state index >= 15 is 0 Å². The number of aromatic hydroxyl groups is 1. The summed E-state index contributed by atoms with van der Waals surface area (Å²) in [6.07, 6.45) is 0.0500. The molecule has 2 aromatic rings. The first kappa shape index (κ1) is 18.9. The molecule has 1 aliphatic rings. The molecular weight excluding hydrogens is 368 g/mol. The molecule has 0 spiro atoms. The summed E-state index contributed by atoms with van der Waals surface area (Å²) in [7, 11) is -3.47. The van der Waals surface area contributed by atoms with Crippen molar-refractivity contribution in [2.24, 2.45) is 5.92 Å². The Morgan fingerprint density at radius 3 is 2.59 bits per heavy atom. The summed E-state index contributed by atoms with van der Waals surface area (Å²) in [6.45, 7) is 1.74. The van der Waals surface area contributed by atoms with Gasteiger partial charge in [-0.15, -0.1) is 0 Å². The van der Waals surface area contributed by atoms with Crippen molar-refractivity contribution >= 4 is 33.0 Å². The highest BCUT2D eigenvalue weighted by Gasteiger charge is 2.35. The smallest absolute Gasteiger partial charge is 0.229 e. The van der Waals surface area contributed by atoms with Crippen LogP contribution < -0.4 is 10.2 Å². The Bertz CT molecular complexity index is 973. The van der Waals surface area contributed by atoms with E-state index in [0.29, 0.717) is 0 Å². The van der Waals surface area contributed by atoms with Gasteiger partial charge in [0.2, 0.25) is 11.8 Å². The molecule has 27 heavy (non-hydrogen) atoms. The number of rotatable bonds is 5. The lowest BCUT2D eigenvalue weighted by atomic mass is 10.1. The summed E-state index contributed by atoms with van der Waals surface area (Å²) in [5.74, 6) is -1.52. The van der Waals surface area contributed by atoms with Crippen LogP contribution in [0.5, 0.6) is 5.75 Å². The average molecular weight is 388 g/mol. The molecule has 3 rings (SSSR count).